The van der Waals surface area contributed by atoms with Crippen LogP contribution < -0.4 is 15.5 Å². The summed E-state index contributed by atoms with van der Waals surface area (Å²) >= 11 is 5.85. The van der Waals surface area contributed by atoms with Gasteiger partial charge in [0.15, 0.2) is 5.11 Å². The van der Waals surface area contributed by atoms with Gasteiger partial charge < -0.3 is 25.0 Å². The fourth-order valence-corrected chi connectivity index (χ4v) is 5.87. The average molecular weight is 553 g/mol. The summed E-state index contributed by atoms with van der Waals surface area (Å²) in [6.07, 6.45) is 2.12. The van der Waals surface area contributed by atoms with E-state index in [2.05, 4.69) is 74.2 Å². The predicted molar refractivity (Wildman–Crippen MR) is 166 cm³/mol. The van der Waals surface area contributed by atoms with Gasteiger partial charge in [-0.1, -0.05) is 18.2 Å². The number of nitrogens with zero attached hydrogens (tertiary/aromatic N) is 4. The van der Waals surface area contributed by atoms with Gasteiger partial charge in [-0.05, 0) is 98.7 Å². The Balaban J connectivity index is 1.46. The Morgan fingerprint density at radius 3 is 2.48 bits per heavy atom. The first kappa shape index (κ1) is 27.4. The summed E-state index contributed by atoms with van der Waals surface area (Å²) in [6.45, 7) is 6.78. The Morgan fingerprint density at radius 1 is 1.02 bits per heavy atom. The minimum Gasteiger partial charge on any atom is -0.378 e. The topological polar surface area (TPSA) is 65.4 Å². The lowest BCUT2D eigenvalue weighted by atomic mass is 9.96. The number of rotatable bonds is 8. The first-order valence-corrected chi connectivity index (χ1v) is 13.9. The summed E-state index contributed by atoms with van der Waals surface area (Å²) in [4.78, 5) is 21.9. The zero-order valence-corrected chi connectivity index (χ0v) is 24.5. The van der Waals surface area contributed by atoms with E-state index >= 15 is 0 Å². The number of aryl methyl sites for hydroxylation is 2. The molecule has 0 saturated carbocycles. The average Bonchev–Trinajstić information content (AvgIpc) is 3.42. The van der Waals surface area contributed by atoms with Crippen molar-refractivity contribution in [2.24, 2.45) is 0 Å². The number of hydrogen-bond donors (Lipinski definition) is 2. The molecule has 1 amide bonds. The van der Waals surface area contributed by atoms with Crippen LogP contribution in [0.15, 0.2) is 79.0 Å². The summed E-state index contributed by atoms with van der Waals surface area (Å²) in [7, 11) is 4.09. The van der Waals surface area contributed by atoms with Crippen molar-refractivity contribution in [1.82, 2.24) is 19.8 Å². The maximum absolute atomic E-state index is 12.9. The van der Waals surface area contributed by atoms with Crippen LogP contribution in [0.1, 0.15) is 46.7 Å². The van der Waals surface area contributed by atoms with Gasteiger partial charge in [0.1, 0.15) is 0 Å². The van der Waals surface area contributed by atoms with Crippen LogP contribution in [0.2, 0.25) is 0 Å². The molecule has 0 bridgehead atoms. The van der Waals surface area contributed by atoms with Crippen LogP contribution >= 0.6 is 12.2 Å². The SMILES string of the molecule is Cc1cccc(NC(=O)CCN2C(=S)N[C@H](c3ccccn3)[C@H]2c2cc(C)n(-c3ccc(N(C)C)cc3)c2C)c1. The normalized spacial score (nSPS) is 16.6. The molecular weight excluding hydrogens is 516 g/mol. The molecule has 40 heavy (non-hydrogen) atoms. The van der Waals surface area contributed by atoms with Crippen LogP contribution in [0.5, 0.6) is 0 Å². The van der Waals surface area contributed by atoms with Crippen molar-refractivity contribution in [3.05, 3.63) is 107 Å². The number of thiocarbonyl (C=S) groups is 1. The molecule has 0 spiro atoms. The third kappa shape index (κ3) is 5.58. The van der Waals surface area contributed by atoms with Crippen LogP contribution in [0.3, 0.4) is 0 Å². The fraction of sp³-hybridized carbons (Fsp3) is 0.281. The molecule has 4 aromatic rings. The fourth-order valence-electron chi connectivity index (χ4n) is 5.54. The van der Waals surface area contributed by atoms with Crippen LogP contribution in [-0.2, 0) is 4.79 Å². The molecular formula is C32H36N6OS. The number of anilines is 2. The third-order valence-electron chi connectivity index (χ3n) is 7.49. The van der Waals surface area contributed by atoms with E-state index < -0.39 is 0 Å². The van der Waals surface area contributed by atoms with Gasteiger partial charge in [0.25, 0.3) is 0 Å². The third-order valence-corrected chi connectivity index (χ3v) is 7.84. The molecule has 0 aliphatic carbocycles. The van der Waals surface area contributed by atoms with Crippen molar-refractivity contribution < 1.29 is 4.79 Å². The zero-order valence-electron chi connectivity index (χ0n) is 23.7. The van der Waals surface area contributed by atoms with Crippen molar-refractivity contribution in [3.8, 4) is 5.69 Å². The minimum absolute atomic E-state index is 0.0418. The monoisotopic (exact) mass is 552 g/mol. The molecule has 1 fully saturated rings. The van der Waals surface area contributed by atoms with E-state index in [-0.39, 0.29) is 18.0 Å². The number of hydrogen-bond acceptors (Lipinski definition) is 4. The Hall–Kier alpha value is -4.17. The summed E-state index contributed by atoms with van der Waals surface area (Å²) in [5.74, 6) is -0.0418. The highest BCUT2D eigenvalue weighted by Crippen LogP contribution is 2.41. The number of nitrogens with one attached hydrogen (secondary N) is 2. The highest BCUT2D eigenvalue weighted by molar-refractivity contribution is 7.80. The summed E-state index contributed by atoms with van der Waals surface area (Å²) in [5.41, 5.74) is 8.53. The quantitative estimate of drug-likeness (QED) is 0.267. The van der Waals surface area contributed by atoms with Gasteiger partial charge >= 0.3 is 0 Å². The van der Waals surface area contributed by atoms with E-state index in [4.69, 9.17) is 12.2 Å². The van der Waals surface area contributed by atoms with Gasteiger partial charge in [0.2, 0.25) is 5.91 Å². The van der Waals surface area contributed by atoms with E-state index in [1.165, 1.54) is 0 Å². The molecule has 0 radical (unpaired) electrons. The second kappa shape index (κ2) is 11.5. The minimum atomic E-state index is -0.140. The summed E-state index contributed by atoms with van der Waals surface area (Å²) in [5, 5.41) is 7.17. The highest BCUT2D eigenvalue weighted by Gasteiger charge is 2.41. The van der Waals surface area contributed by atoms with E-state index in [0.717, 1.165) is 45.3 Å². The molecule has 7 nitrogen and oxygen atoms in total. The molecule has 0 unspecified atom stereocenters. The molecule has 206 valence electrons. The Bertz CT molecular complexity index is 1510. The lowest BCUT2D eigenvalue weighted by Crippen LogP contribution is -2.32. The second-order valence-corrected chi connectivity index (χ2v) is 10.9. The Labute approximate surface area is 241 Å². The van der Waals surface area contributed by atoms with Gasteiger partial charge in [0.05, 0.1) is 17.8 Å². The van der Waals surface area contributed by atoms with Gasteiger partial charge in [-0.3, -0.25) is 9.78 Å². The van der Waals surface area contributed by atoms with Gasteiger partial charge in [-0.2, -0.15) is 0 Å². The van der Waals surface area contributed by atoms with E-state index in [1.807, 2.05) is 69.7 Å². The molecule has 1 saturated heterocycles. The predicted octanol–water partition coefficient (Wildman–Crippen LogP) is 5.86. The molecule has 1 aliphatic heterocycles. The largest absolute Gasteiger partial charge is 0.378 e. The van der Waals surface area contributed by atoms with E-state index in [0.29, 0.717) is 18.1 Å². The Morgan fingerprint density at radius 2 is 1.80 bits per heavy atom. The van der Waals surface area contributed by atoms with Crippen LogP contribution in [0.4, 0.5) is 11.4 Å². The van der Waals surface area contributed by atoms with Crippen molar-refractivity contribution in [2.45, 2.75) is 39.3 Å². The van der Waals surface area contributed by atoms with E-state index in [1.54, 1.807) is 0 Å². The molecule has 2 N–H and O–H groups in total. The molecule has 1 aliphatic rings. The lowest BCUT2D eigenvalue weighted by molar-refractivity contribution is -0.116. The van der Waals surface area contributed by atoms with Gasteiger partial charge in [0, 0.05) is 61.7 Å². The number of benzene rings is 2. The van der Waals surface area contributed by atoms with E-state index in [9.17, 15) is 4.79 Å². The molecule has 2 atom stereocenters. The number of amides is 1. The molecule has 8 heteroatoms. The second-order valence-electron chi connectivity index (χ2n) is 10.6. The Kier molecular flexibility index (Phi) is 7.89. The first-order valence-electron chi connectivity index (χ1n) is 13.5. The number of pyridine rings is 1. The maximum Gasteiger partial charge on any atom is 0.226 e. The molecule has 2 aromatic heterocycles. The maximum atomic E-state index is 12.9. The number of carbonyl (C=O) groups is 1. The summed E-state index contributed by atoms with van der Waals surface area (Å²) < 4.78 is 2.29. The van der Waals surface area contributed by atoms with Crippen molar-refractivity contribution in [2.75, 3.05) is 30.9 Å². The molecule has 2 aromatic carbocycles. The van der Waals surface area contributed by atoms with Crippen LogP contribution in [0.25, 0.3) is 5.69 Å². The highest BCUT2D eigenvalue weighted by atomic mass is 32.1. The molecule has 5 rings (SSSR count). The van der Waals surface area contributed by atoms with Crippen LogP contribution in [-0.4, -0.2) is 46.1 Å². The van der Waals surface area contributed by atoms with Gasteiger partial charge in [-0.15, -0.1) is 0 Å². The van der Waals surface area contributed by atoms with Gasteiger partial charge in [-0.25, -0.2) is 0 Å². The number of carbonyl (C=O) groups excluding carboxylic acids is 1. The number of aromatic nitrogens is 2. The smallest absolute Gasteiger partial charge is 0.226 e. The first-order chi connectivity index (χ1) is 19.2. The molecule has 3 heterocycles. The lowest BCUT2D eigenvalue weighted by Gasteiger charge is -2.28. The van der Waals surface area contributed by atoms with Crippen molar-refractivity contribution in [3.63, 3.8) is 0 Å². The standard InChI is InChI=1S/C32H36N6OS/c1-21-9-8-10-24(19-21)34-29(39)16-18-37-31(30(35-32(37)40)28-11-6-7-17-33-28)27-20-22(2)38(23(27)3)26-14-12-25(13-15-26)36(4)5/h6-15,17,19-20,30-31H,16,18H2,1-5H3,(H,34,39)(H,35,40)/t30-,31-/m1/s1. The zero-order chi connectivity index (χ0) is 28.4. The van der Waals surface area contributed by atoms with Crippen molar-refractivity contribution >= 4 is 34.6 Å². The summed E-state index contributed by atoms with van der Waals surface area (Å²) in [6, 6.07) is 24.3. The van der Waals surface area contributed by atoms with Crippen LogP contribution in [0, 0.1) is 20.8 Å². The van der Waals surface area contributed by atoms with Crippen molar-refractivity contribution in [1.29, 1.82) is 0 Å².